The van der Waals surface area contributed by atoms with Crippen LogP contribution in [0.5, 0.6) is 0 Å². The third-order valence-corrected chi connectivity index (χ3v) is 5.10. The summed E-state index contributed by atoms with van der Waals surface area (Å²) >= 11 is 0. The van der Waals surface area contributed by atoms with E-state index in [4.69, 9.17) is 0 Å². The first-order valence-electron chi connectivity index (χ1n) is 11.6. The van der Waals surface area contributed by atoms with Crippen molar-refractivity contribution >= 4 is 0 Å². The van der Waals surface area contributed by atoms with E-state index in [1.807, 2.05) is 0 Å². The zero-order valence-corrected chi connectivity index (χ0v) is 17.3. The Morgan fingerprint density at radius 1 is 0.333 bits per heavy atom. The smallest absolute Gasteiger partial charge is 0.0351 e. The molecule has 0 heteroatoms. The Morgan fingerprint density at radius 2 is 0.667 bits per heavy atom. The summed E-state index contributed by atoms with van der Waals surface area (Å²) in [5, 5.41) is 0. The average molecular weight is 337 g/mol. The number of hydrogen-bond acceptors (Lipinski definition) is 0. The van der Waals surface area contributed by atoms with E-state index in [9.17, 15) is 0 Å². The van der Waals surface area contributed by atoms with E-state index in [2.05, 4.69) is 26.0 Å². The highest BCUT2D eigenvalue weighted by molar-refractivity contribution is 4.80. The molecule has 24 heavy (non-hydrogen) atoms. The Morgan fingerprint density at radius 3 is 1.04 bits per heavy atom. The largest absolute Gasteiger partial charge is 0.0885 e. The van der Waals surface area contributed by atoms with Crippen molar-refractivity contribution in [3.8, 4) is 0 Å². The minimum Gasteiger partial charge on any atom is -0.0885 e. The van der Waals surface area contributed by atoms with E-state index in [1.54, 1.807) is 0 Å². The Balaban J connectivity index is 2.98. The van der Waals surface area contributed by atoms with Crippen LogP contribution in [0.2, 0.25) is 0 Å². The van der Waals surface area contributed by atoms with Gasteiger partial charge in [-0.05, 0) is 19.3 Å². The minimum absolute atomic E-state index is 1.26. The Hall–Kier alpha value is -0.260. The Bertz CT molecular complexity index is 228. The molecule has 0 aliphatic rings. The van der Waals surface area contributed by atoms with Gasteiger partial charge in [-0.2, -0.15) is 0 Å². The van der Waals surface area contributed by atoms with E-state index in [0.29, 0.717) is 0 Å². The molecule has 0 atom stereocenters. The van der Waals surface area contributed by atoms with Crippen molar-refractivity contribution in [2.45, 2.75) is 142 Å². The fraction of sp³-hybridized carbons (Fsp3) is 0.917. The molecule has 0 aromatic rings. The first kappa shape index (κ1) is 23.7. The summed E-state index contributed by atoms with van der Waals surface area (Å²) in [5.74, 6) is 0. The van der Waals surface area contributed by atoms with Gasteiger partial charge < -0.3 is 0 Å². The minimum atomic E-state index is 1.26. The molecule has 0 saturated heterocycles. The highest BCUT2D eigenvalue weighted by Gasteiger charge is 1.94. The Kier molecular flexibility index (Phi) is 22.5. The molecule has 0 amide bonds. The monoisotopic (exact) mass is 336 g/mol. The molecule has 0 aliphatic heterocycles. The third kappa shape index (κ3) is 21.7. The van der Waals surface area contributed by atoms with Gasteiger partial charge in [-0.15, -0.1) is 0 Å². The maximum atomic E-state index is 2.38. The van der Waals surface area contributed by atoms with Crippen LogP contribution in [0.1, 0.15) is 142 Å². The standard InChI is InChI=1S/C24H48/c1-3-5-7-9-11-13-15-17-19-21-23-24-22-20-18-16-14-12-10-8-6-4-2/h7,9H,3-6,8,10-24H2,1-2H3/b9-7+. The SMILES string of the molecule is CCC/C=C/CCCCCCCCCCCCCCCCCCC. The molecule has 0 fully saturated rings. The first-order chi connectivity index (χ1) is 11.9. The van der Waals surface area contributed by atoms with Crippen LogP contribution >= 0.6 is 0 Å². The zero-order valence-electron chi connectivity index (χ0n) is 17.3. The molecule has 0 N–H and O–H groups in total. The fourth-order valence-corrected chi connectivity index (χ4v) is 3.39. The van der Waals surface area contributed by atoms with E-state index in [1.165, 1.54) is 128 Å². The van der Waals surface area contributed by atoms with Crippen LogP contribution in [-0.2, 0) is 0 Å². The summed E-state index contributed by atoms with van der Waals surface area (Å²) in [5.41, 5.74) is 0. The van der Waals surface area contributed by atoms with Gasteiger partial charge in [-0.1, -0.05) is 135 Å². The third-order valence-electron chi connectivity index (χ3n) is 5.10. The maximum absolute atomic E-state index is 2.38. The van der Waals surface area contributed by atoms with Crippen LogP contribution in [0, 0.1) is 0 Å². The van der Waals surface area contributed by atoms with Crippen LogP contribution in [0.4, 0.5) is 0 Å². The van der Waals surface area contributed by atoms with Crippen LogP contribution in [0.15, 0.2) is 12.2 Å². The molecule has 0 bridgehead atoms. The number of allylic oxidation sites excluding steroid dienone is 2. The van der Waals surface area contributed by atoms with Crippen LogP contribution in [0.3, 0.4) is 0 Å². The van der Waals surface area contributed by atoms with Gasteiger partial charge in [-0.25, -0.2) is 0 Å². The average Bonchev–Trinajstić information content (AvgIpc) is 2.60. The van der Waals surface area contributed by atoms with Gasteiger partial charge in [0.2, 0.25) is 0 Å². The van der Waals surface area contributed by atoms with Gasteiger partial charge >= 0.3 is 0 Å². The predicted molar refractivity (Wildman–Crippen MR) is 113 cm³/mol. The van der Waals surface area contributed by atoms with Crippen molar-refractivity contribution in [1.82, 2.24) is 0 Å². The summed E-state index contributed by atoms with van der Waals surface area (Å²) in [7, 11) is 0. The quantitative estimate of drug-likeness (QED) is 0.153. The highest BCUT2D eigenvalue weighted by atomic mass is 14.0. The molecule has 0 radical (unpaired) electrons. The van der Waals surface area contributed by atoms with Crippen molar-refractivity contribution in [1.29, 1.82) is 0 Å². The normalized spacial score (nSPS) is 11.6. The van der Waals surface area contributed by atoms with E-state index in [-0.39, 0.29) is 0 Å². The predicted octanol–water partition coefficient (Wildman–Crippen LogP) is 9.38. The maximum Gasteiger partial charge on any atom is -0.0351 e. The molecule has 0 aliphatic carbocycles. The lowest BCUT2D eigenvalue weighted by Gasteiger charge is -2.03. The molecule has 0 aromatic carbocycles. The van der Waals surface area contributed by atoms with Gasteiger partial charge in [0.05, 0.1) is 0 Å². The van der Waals surface area contributed by atoms with Gasteiger partial charge in [0.25, 0.3) is 0 Å². The Labute approximate surface area is 154 Å². The molecule has 0 aromatic heterocycles. The van der Waals surface area contributed by atoms with Crippen LogP contribution in [-0.4, -0.2) is 0 Å². The summed E-state index contributed by atoms with van der Waals surface area (Å²) < 4.78 is 0. The van der Waals surface area contributed by atoms with Crippen molar-refractivity contribution in [3.63, 3.8) is 0 Å². The molecule has 0 heterocycles. The van der Waals surface area contributed by atoms with Gasteiger partial charge in [-0.3, -0.25) is 0 Å². The molecule has 0 saturated carbocycles. The van der Waals surface area contributed by atoms with Gasteiger partial charge in [0.15, 0.2) is 0 Å². The van der Waals surface area contributed by atoms with Crippen molar-refractivity contribution in [3.05, 3.63) is 12.2 Å². The first-order valence-corrected chi connectivity index (χ1v) is 11.6. The van der Waals surface area contributed by atoms with E-state index < -0.39 is 0 Å². The molecule has 0 nitrogen and oxygen atoms in total. The molecule has 0 unspecified atom stereocenters. The van der Waals surface area contributed by atoms with Gasteiger partial charge in [0.1, 0.15) is 0 Å². The van der Waals surface area contributed by atoms with Crippen molar-refractivity contribution < 1.29 is 0 Å². The summed E-state index contributed by atoms with van der Waals surface area (Å²) in [6, 6.07) is 0. The lowest BCUT2D eigenvalue weighted by molar-refractivity contribution is 0.527. The van der Waals surface area contributed by atoms with Crippen LogP contribution < -0.4 is 0 Å². The second kappa shape index (κ2) is 22.7. The summed E-state index contributed by atoms with van der Waals surface area (Å²) in [4.78, 5) is 0. The second-order valence-corrected chi connectivity index (χ2v) is 7.71. The topological polar surface area (TPSA) is 0 Å². The van der Waals surface area contributed by atoms with E-state index >= 15 is 0 Å². The fourth-order valence-electron chi connectivity index (χ4n) is 3.39. The van der Waals surface area contributed by atoms with Crippen LogP contribution in [0.25, 0.3) is 0 Å². The molecular weight excluding hydrogens is 288 g/mol. The molecule has 0 rings (SSSR count). The molecular formula is C24H48. The van der Waals surface area contributed by atoms with E-state index in [0.717, 1.165) is 0 Å². The summed E-state index contributed by atoms with van der Waals surface area (Å²) in [6.07, 6.45) is 33.5. The molecule has 0 spiro atoms. The number of hydrogen-bond donors (Lipinski definition) is 0. The second-order valence-electron chi connectivity index (χ2n) is 7.71. The number of unbranched alkanes of at least 4 members (excludes halogenated alkanes) is 18. The van der Waals surface area contributed by atoms with Crippen molar-refractivity contribution in [2.24, 2.45) is 0 Å². The number of rotatable bonds is 20. The van der Waals surface area contributed by atoms with Crippen molar-refractivity contribution in [2.75, 3.05) is 0 Å². The molecule has 144 valence electrons. The summed E-state index contributed by atoms with van der Waals surface area (Å²) in [6.45, 7) is 4.55. The zero-order chi connectivity index (χ0) is 17.6. The van der Waals surface area contributed by atoms with Gasteiger partial charge in [0, 0.05) is 0 Å². The lowest BCUT2D eigenvalue weighted by atomic mass is 10.0. The highest BCUT2D eigenvalue weighted by Crippen LogP contribution is 2.14. The lowest BCUT2D eigenvalue weighted by Crippen LogP contribution is -1.83.